The maximum Gasteiger partial charge on any atom is 0.250 e. The molecular weight excluding hydrogens is 348 g/mol. The Bertz CT molecular complexity index is 1080. The molecule has 3 rings (SSSR count). The van der Waals surface area contributed by atoms with Crippen LogP contribution in [0.2, 0.25) is 0 Å². The van der Waals surface area contributed by atoms with Gasteiger partial charge in [-0.3, -0.25) is 4.79 Å². The van der Waals surface area contributed by atoms with Crippen molar-refractivity contribution in [2.24, 2.45) is 0 Å². The van der Waals surface area contributed by atoms with Crippen LogP contribution in [0.5, 0.6) is 0 Å². The van der Waals surface area contributed by atoms with Crippen LogP contribution >= 0.6 is 0 Å². The summed E-state index contributed by atoms with van der Waals surface area (Å²) in [6.07, 6.45) is 1.44. The average molecular weight is 370 g/mol. The lowest BCUT2D eigenvalue weighted by Gasteiger charge is -2.19. The van der Waals surface area contributed by atoms with Gasteiger partial charge < -0.3 is 4.57 Å². The summed E-state index contributed by atoms with van der Waals surface area (Å²) >= 11 is 0. The van der Waals surface area contributed by atoms with E-state index in [4.69, 9.17) is 0 Å². The van der Waals surface area contributed by atoms with E-state index in [1.165, 1.54) is 27.2 Å². The van der Waals surface area contributed by atoms with E-state index in [2.05, 4.69) is 0 Å². The molecule has 1 aromatic heterocycles. The zero-order valence-electron chi connectivity index (χ0n) is 14.9. The van der Waals surface area contributed by atoms with E-state index < -0.39 is 10.0 Å². The minimum absolute atomic E-state index is 0.140. The van der Waals surface area contributed by atoms with Gasteiger partial charge in [-0.15, -0.1) is 0 Å². The maximum absolute atomic E-state index is 12.7. The molecule has 1 heterocycles. The third kappa shape index (κ3) is 3.43. The van der Waals surface area contributed by atoms with Crippen molar-refractivity contribution in [2.75, 3.05) is 13.1 Å². The van der Waals surface area contributed by atoms with Crippen LogP contribution in [0.3, 0.4) is 0 Å². The second-order valence-corrected chi connectivity index (χ2v) is 8.00. The number of sulfonamides is 1. The van der Waals surface area contributed by atoms with Gasteiger partial charge in [-0.2, -0.15) is 4.31 Å². The normalized spacial score (nSPS) is 12.0. The van der Waals surface area contributed by atoms with E-state index in [1.54, 1.807) is 13.8 Å². The first-order valence-corrected chi connectivity index (χ1v) is 10.1. The standard InChI is InChI=1S/C20H22N2O3S/c1-3-22(4-2)26(24,25)18-12-13-20(23)21(15-18)14-17-10-7-9-16-8-5-6-11-19(16)17/h5-13,15H,3-4,14H2,1-2H3. The maximum atomic E-state index is 12.7. The summed E-state index contributed by atoms with van der Waals surface area (Å²) in [6, 6.07) is 16.6. The van der Waals surface area contributed by atoms with Gasteiger partial charge in [0.25, 0.3) is 5.56 Å². The molecule has 0 aliphatic rings. The van der Waals surface area contributed by atoms with Crippen molar-refractivity contribution in [3.63, 3.8) is 0 Å². The fourth-order valence-electron chi connectivity index (χ4n) is 3.11. The number of hydrogen-bond donors (Lipinski definition) is 0. The Hall–Kier alpha value is -2.44. The molecule has 3 aromatic rings. The minimum atomic E-state index is -3.60. The number of rotatable bonds is 6. The molecule has 0 aliphatic heterocycles. The highest BCUT2D eigenvalue weighted by atomic mass is 32.2. The monoisotopic (exact) mass is 370 g/mol. The molecule has 6 heteroatoms. The number of benzene rings is 2. The Labute approximate surface area is 153 Å². The van der Waals surface area contributed by atoms with Gasteiger partial charge in [-0.05, 0) is 22.4 Å². The van der Waals surface area contributed by atoms with Crippen molar-refractivity contribution < 1.29 is 8.42 Å². The van der Waals surface area contributed by atoms with E-state index in [0.29, 0.717) is 19.6 Å². The van der Waals surface area contributed by atoms with E-state index in [9.17, 15) is 13.2 Å². The van der Waals surface area contributed by atoms with E-state index in [0.717, 1.165) is 16.3 Å². The van der Waals surface area contributed by atoms with E-state index in [1.807, 2.05) is 42.5 Å². The number of pyridine rings is 1. The number of aromatic nitrogens is 1. The Kier molecular flexibility index (Phi) is 5.25. The van der Waals surface area contributed by atoms with Crippen LogP contribution in [0, 0.1) is 0 Å². The average Bonchev–Trinajstić information content (AvgIpc) is 2.64. The Morgan fingerprint density at radius 1 is 0.923 bits per heavy atom. The van der Waals surface area contributed by atoms with Crippen molar-refractivity contribution in [3.05, 3.63) is 76.7 Å². The lowest BCUT2D eigenvalue weighted by atomic mass is 10.0. The predicted molar refractivity (Wildman–Crippen MR) is 104 cm³/mol. The van der Waals surface area contributed by atoms with Crippen LogP contribution in [0.15, 0.2) is 70.5 Å². The molecule has 0 N–H and O–H groups in total. The summed E-state index contributed by atoms with van der Waals surface area (Å²) in [6.45, 7) is 4.70. The first-order valence-electron chi connectivity index (χ1n) is 8.64. The minimum Gasteiger partial charge on any atom is -0.310 e. The molecule has 0 spiro atoms. The summed E-state index contributed by atoms with van der Waals surface area (Å²) in [5.74, 6) is 0. The zero-order chi connectivity index (χ0) is 18.7. The van der Waals surface area contributed by atoms with E-state index in [-0.39, 0.29) is 10.5 Å². The highest BCUT2D eigenvalue weighted by molar-refractivity contribution is 7.89. The molecule has 0 fully saturated rings. The Morgan fingerprint density at radius 3 is 2.35 bits per heavy atom. The molecule has 0 radical (unpaired) electrons. The number of hydrogen-bond acceptors (Lipinski definition) is 3. The molecule has 0 atom stereocenters. The van der Waals surface area contributed by atoms with Crippen LogP contribution in [0.25, 0.3) is 10.8 Å². The van der Waals surface area contributed by atoms with Gasteiger partial charge in [0, 0.05) is 25.4 Å². The Morgan fingerprint density at radius 2 is 1.62 bits per heavy atom. The van der Waals surface area contributed by atoms with Gasteiger partial charge in [0.2, 0.25) is 10.0 Å². The first-order chi connectivity index (χ1) is 12.5. The highest BCUT2D eigenvalue weighted by Crippen LogP contribution is 2.20. The summed E-state index contributed by atoms with van der Waals surface area (Å²) in [5.41, 5.74) is 0.749. The molecular formula is C20H22N2O3S. The van der Waals surface area contributed by atoms with Crippen LogP contribution in [-0.2, 0) is 16.6 Å². The number of fused-ring (bicyclic) bond motifs is 1. The molecule has 0 unspecified atom stereocenters. The molecule has 2 aromatic carbocycles. The second kappa shape index (κ2) is 7.43. The second-order valence-electron chi connectivity index (χ2n) is 6.06. The van der Waals surface area contributed by atoms with Crippen LogP contribution in [-0.4, -0.2) is 30.4 Å². The van der Waals surface area contributed by atoms with Gasteiger partial charge in [0.1, 0.15) is 0 Å². The SMILES string of the molecule is CCN(CC)S(=O)(=O)c1ccc(=O)n(Cc2cccc3ccccc23)c1. The van der Waals surface area contributed by atoms with Gasteiger partial charge >= 0.3 is 0 Å². The third-order valence-corrected chi connectivity index (χ3v) is 6.55. The largest absolute Gasteiger partial charge is 0.310 e. The Balaban J connectivity index is 2.05. The highest BCUT2D eigenvalue weighted by Gasteiger charge is 2.22. The smallest absolute Gasteiger partial charge is 0.250 e. The summed E-state index contributed by atoms with van der Waals surface area (Å²) < 4.78 is 28.3. The molecule has 0 saturated carbocycles. The van der Waals surface area contributed by atoms with Crippen LogP contribution in [0.1, 0.15) is 19.4 Å². The van der Waals surface area contributed by atoms with Crippen molar-refractivity contribution in [3.8, 4) is 0 Å². The molecule has 136 valence electrons. The van der Waals surface area contributed by atoms with Crippen molar-refractivity contribution in [2.45, 2.75) is 25.3 Å². The quantitative estimate of drug-likeness (QED) is 0.670. The topological polar surface area (TPSA) is 59.4 Å². The van der Waals surface area contributed by atoms with Crippen LogP contribution < -0.4 is 5.56 Å². The summed E-state index contributed by atoms with van der Waals surface area (Å²) in [7, 11) is -3.60. The molecule has 5 nitrogen and oxygen atoms in total. The van der Waals surface area contributed by atoms with E-state index >= 15 is 0 Å². The van der Waals surface area contributed by atoms with Gasteiger partial charge in [0.05, 0.1) is 11.4 Å². The third-order valence-electron chi connectivity index (χ3n) is 4.52. The molecule has 26 heavy (non-hydrogen) atoms. The summed E-state index contributed by atoms with van der Waals surface area (Å²) in [4.78, 5) is 12.4. The van der Waals surface area contributed by atoms with Gasteiger partial charge in [-0.1, -0.05) is 56.3 Å². The fraction of sp³-hybridized carbons (Fsp3) is 0.250. The molecule has 0 amide bonds. The first kappa shape index (κ1) is 18.4. The summed E-state index contributed by atoms with van der Waals surface area (Å²) in [5, 5.41) is 2.14. The molecule has 0 bridgehead atoms. The van der Waals surface area contributed by atoms with Crippen molar-refractivity contribution in [1.82, 2.24) is 8.87 Å². The lowest BCUT2D eigenvalue weighted by molar-refractivity contribution is 0.444. The number of nitrogens with zero attached hydrogens (tertiary/aromatic N) is 2. The molecule has 0 aliphatic carbocycles. The lowest BCUT2D eigenvalue weighted by Crippen LogP contribution is -2.32. The predicted octanol–water partition coefficient (Wildman–Crippen LogP) is 3.08. The fourth-order valence-corrected chi connectivity index (χ4v) is 4.59. The van der Waals surface area contributed by atoms with Gasteiger partial charge in [0.15, 0.2) is 0 Å². The van der Waals surface area contributed by atoms with Crippen LogP contribution in [0.4, 0.5) is 0 Å². The zero-order valence-corrected chi connectivity index (χ0v) is 15.7. The van der Waals surface area contributed by atoms with Crippen molar-refractivity contribution >= 4 is 20.8 Å². The molecule has 0 saturated heterocycles. The van der Waals surface area contributed by atoms with Gasteiger partial charge in [-0.25, -0.2) is 8.42 Å². The van der Waals surface area contributed by atoms with Crippen molar-refractivity contribution in [1.29, 1.82) is 0 Å².